The van der Waals surface area contributed by atoms with Gasteiger partial charge in [0.2, 0.25) is 0 Å². The number of halogens is 2. The molecule has 2 fully saturated rings. The number of piperidine rings is 1. The lowest BCUT2D eigenvalue weighted by Crippen LogP contribution is -2.50. The quantitative estimate of drug-likeness (QED) is 0.236. The molecule has 3 rings (SSSR count). The third-order valence-corrected chi connectivity index (χ3v) is 7.04. The van der Waals surface area contributed by atoms with Crippen LogP contribution in [0, 0.1) is 23.7 Å². The lowest BCUT2D eigenvalue weighted by molar-refractivity contribution is 0.102. The van der Waals surface area contributed by atoms with Crippen LogP contribution in [0.3, 0.4) is 0 Å². The first-order valence-electron chi connectivity index (χ1n) is 7.60. The number of rotatable bonds is 2. The average molecular weight is 493 g/mol. The van der Waals surface area contributed by atoms with Crippen LogP contribution in [0.1, 0.15) is 32.1 Å². The lowest BCUT2D eigenvalue weighted by atomic mass is 9.73. The highest BCUT2D eigenvalue weighted by molar-refractivity contribution is 14.1. The molecule has 2 atom stereocenters. The Labute approximate surface area is 149 Å². The van der Waals surface area contributed by atoms with Gasteiger partial charge in [0, 0.05) is 16.5 Å². The van der Waals surface area contributed by atoms with Gasteiger partial charge in [0.15, 0.2) is 0 Å². The Morgan fingerprint density at radius 1 is 1.25 bits per heavy atom. The minimum Gasteiger partial charge on any atom is -0.289 e. The van der Waals surface area contributed by atoms with Gasteiger partial charge >= 0.3 is 0 Å². The third kappa shape index (κ3) is 3.27. The summed E-state index contributed by atoms with van der Waals surface area (Å²) in [5.41, 5.74) is 1.58. The molecule has 0 aromatic carbocycles. The first kappa shape index (κ1) is 15.4. The summed E-state index contributed by atoms with van der Waals surface area (Å²) < 4.78 is 2.04. The maximum atomic E-state index is 3.55. The summed E-state index contributed by atoms with van der Waals surface area (Å²) in [7, 11) is 0. The number of fused-ring (bicyclic) bond motifs is 1. The fourth-order valence-corrected chi connectivity index (χ4v) is 5.38. The van der Waals surface area contributed by atoms with E-state index in [1.165, 1.54) is 38.6 Å². The predicted molar refractivity (Wildman–Crippen MR) is 102 cm³/mol. The SMILES string of the molecule is ICN1CCC2=CC=CC#CC2C1C1CCC(I)CC1. The van der Waals surface area contributed by atoms with Gasteiger partial charge < -0.3 is 0 Å². The van der Waals surface area contributed by atoms with E-state index in [9.17, 15) is 0 Å². The highest BCUT2D eigenvalue weighted by atomic mass is 127. The second-order valence-electron chi connectivity index (χ2n) is 6.05. The summed E-state index contributed by atoms with van der Waals surface area (Å²) in [5.74, 6) is 8.13. The second-order valence-corrected chi connectivity index (χ2v) is 8.50. The molecule has 1 heterocycles. The molecule has 0 aromatic rings. The van der Waals surface area contributed by atoms with Gasteiger partial charge in [0.1, 0.15) is 0 Å². The largest absolute Gasteiger partial charge is 0.289 e. The molecule has 2 unspecified atom stereocenters. The smallest absolute Gasteiger partial charge is 0.0577 e. The number of hydrogen-bond donors (Lipinski definition) is 0. The molecule has 1 saturated carbocycles. The molecule has 0 N–H and O–H groups in total. The minimum atomic E-state index is 0.476. The van der Waals surface area contributed by atoms with E-state index in [2.05, 4.69) is 74.1 Å². The molecule has 1 nitrogen and oxygen atoms in total. The number of alkyl halides is 2. The van der Waals surface area contributed by atoms with Crippen LogP contribution in [0.2, 0.25) is 0 Å². The Hall–Kier alpha value is 0.460. The van der Waals surface area contributed by atoms with E-state index < -0.39 is 0 Å². The molecule has 0 amide bonds. The van der Waals surface area contributed by atoms with Gasteiger partial charge in [-0.3, -0.25) is 4.90 Å². The first-order valence-corrected chi connectivity index (χ1v) is 10.4. The van der Waals surface area contributed by atoms with Crippen LogP contribution in [-0.4, -0.2) is 26.0 Å². The number of nitrogens with zero attached hydrogens (tertiary/aromatic N) is 1. The summed E-state index contributed by atoms with van der Waals surface area (Å²) in [4.78, 5) is 2.70. The molecule has 0 radical (unpaired) electrons. The van der Waals surface area contributed by atoms with E-state index in [4.69, 9.17) is 0 Å². The summed E-state index contributed by atoms with van der Waals surface area (Å²) in [6, 6.07) is 0.656. The van der Waals surface area contributed by atoms with Gasteiger partial charge in [-0.15, -0.1) is 0 Å². The van der Waals surface area contributed by atoms with E-state index in [0.717, 1.165) is 14.4 Å². The predicted octanol–water partition coefficient (Wildman–Crippen LogP) is 4.56. The van der Waals surface area contributed by atoms with Crippen molar-refractivity contribution in [2.75, 3.05) is 11.1 Å². The fourth-order valence-electron chi connectivity index (χ4n) is 3.86. The van der Waals surface area contributed by atoms with E-state index in [-0.39, 0.29) is 0 Å². The zero-order valence-corrected chi connectivity index (χ0v) is 16.0. The Morgan fingerprint density at radius 3 is 2.80 bits per heavy atom. The van der Waals surface area contributed by atoms with Crippen molar-refractivity contribution in [1.29, 1.82) is 0 Å². The maximum Gasteiger partial charge on any atom is 0.0577 e. The van der Waals surface area contributed by atoms with Gasteiger partial charge in [-0.1, -0.05) is 74.7 Å². The normalized spacial score (nSPS) is 37.4. The Balaban J connectivity index is 1.84. The van der Waals surface area contributed by atoms with Gasteiger partial charge in [-0.2, -0.15) is 0 Å². The van der Waals surface area contributed by atoms with Crippen molar-refractivity contribution in [2.45, 2.75) is 42.1 Å². The Bertz CT molecular complexity index is 463. The molecule has 0 aromatic heterocycles. The molecule has 0 spiro atoms. The molecule has 1 aliphatic heterocycles. The van der Waals surface area contributed by atoms with Crippen LogP contribution >= 0.6 is 45.2 Å². The van der Waals surface area contributed by atoms with Crippen LogP contribution in [0.5, 0.6) is 0 Å². The van der Waals surface area contributed by atoms with Gasteiger partial charge in [0.05, 0.1) is 10.5 Å². The number of hydrogen-bond acceptors (Lipinski definition) is 1. The molecule has 3 heteroatoms. The molecular formula is C17H21I2N. The number of likely N-dealkylation sites (tertiary alicyclic amines) is 1. The third-order valence-electron chi connectivity index (χ3n) is 4.92. The van der Waals surface area contributed by atoms with E-state index in [1.54, 1.807) is 5.57 Å². The van der Waals surface area contributed by atoms with Crippen molar-refractivity contribution in [3.63, 3.8) is 0 Å². The van der Waals surface area contributed by atoms with Gasteiger partial charge in [0.25, 0.3) is 0 Å². The highest BCUT2D eigenvalue weighted by Crippen LogP contribution is 2.40. The van der Waals surface area contributed by atoms with Crippen LogP contribution < -0.4 is 0 Å². The van der Waals surface area contributed by atoms with Crippen LogP contribution in [0.25, 0.3) is 0 Å². The minimum absolute atomic E-state index is 0.476. The molecule has 2 aliphatic carbocycles. The van der Waals surface area contributed by atoms with Crippen molar-refractivity contribution in [2.24, 2.45) is 11.8 Å². The topological polar surface area (TPSA) is 3.24 Å². The zero-order valence-electron chi connectivity index (χ0n) is 11.7. The standard InChI is InChI=1S/C17H21I2N/c18-12-20-11-10-13-4-2-1-3-5-16(13)17(20)14-6-8-15(19)9-7-14/h1-2,4,14-17H,6-12H2. The molecule has 108 valence electrons. The Morgan fingerprint density at radius 2 is 2.05 bits per heavy atom. The zero-order chi connectivity index (χ0) is 13.9. The van der Waals surface area contributed by atoms with Crippen molar-refractivity contribution in [1.82, 2.24) is 4.90 Å². The molecule has 20 heavy (non-hydrogen) atoms. The summed E-state index contributed by atoms with van der Waals surface area (Å²) in [6.07, 6.45) is 13.3. The molecule has 3 aliphatic rings. The fraction of sp³-hybridized carbons (Fsp3) is 0.647. The first-order chi connectivity index (χ1) is 9.79. The average Bonchev–Trinajstić information content (AvgIpc) is 2.72. The van der Waals surface area contributed by atoms with Gasteiger partial charge in [-0.05, 0) is 44.1 Å². The monoisotopic (exact) mass is 493 g/mol. The van der Waals surface area contributed by atoms with Gasteiger partial charge in [-0.25, -0.2) is 0 Å². The van der Waals surface area contributed by atoms with Crippen molar-refractivity contribution in [3.8, 4) is 11.8 Å². The van der Waals surface area contributed by atoms with Crippen LogP contribution in [0.4, 0.5) is 0 Å². The molecule has 0 bridgehead atoms. The van der Waals surface area contributed by atoms with Crippen molar-refractivity contribution >= 4 is 45.2 Å². The summed E-state index contributed by atoms with van der Waals surface area (Å²) in [5, 5.41) is 0. The summed E-state index contributed by atoms with van der Waals surface area (Å²) in [6.45, 7) is 1.22. The lowest BCUT2D eigenvalue weighted by Gasteiger charge is -2.45. The highest BCUT2D eigenvalue weighted by Gasteiger charge is 2.39. The van der Waals surface area contributed by atoms with E-state index in [0.29, 0.717) is 12.0 Å². The van der Waals surface area contributed by atoms with Crippen LogP contribution in [-0.2, 0) is 0 Å². The number of allylic oxidation sites excluding steroid dienone is 3. The van der Waals surface area contributed by atoms with E-state index >= 15 is 0 Å². The van der Waals surface area contributed by atoms with E-state index in [1.807, 2.05) is 6.08 Å². The van der Waals surface area contributed by atoms with Crippen molar-refractivity contribution < 1.29 is 0 Å². The molecule has 1 saturated heterocycles. The Kier molecular flexibility index (Phi) is 5.49. The second kappa shape index (κ2) is 7.15. The molecular weight excluding hydrogens is 472 g/mol. The van der Waals surface area contributed by atoms with Crippen LogP contribution in [0.15, 0.2) is 23.8 Å². The maximum absolute atomic E-state index is 3.55. The summed E-state index contributed by atoms with van der Waals surface area (Å²) >= 11 is 5.17. The van der Waals surface area contributed by atoms with Crippen molar-refractivity contribution in [3.05, 3.63) is 23.8 Å².